The van der Waals surface area contributed by atoms with Crippen LogP contribution in [0.2, 0.25) is 0 Å². The normalized spacial score (nSPS) is 29.3. The molecule has 9 heteroatoms. The highest BCUT2D eigenvalue weighted by atomic mass is 32.2. The number of rotatable bonds is 4. The number of carbonyl (C=O) groups excluding carboxylic acids is 3. The first-order chi connectivity index (χ1) is 17.8. The summed E-state index contributed by atoms with van der Waals surface area (Å²) < 4.78 is 6.16. The Bertz CT molecular complexity index is 1470. The smallest absolute Gasteiger partial charge is 0.302 e. The molecule has 1 saturated heterocycles. The van der Waals surface area contributed by atoms with Gasteiger partial charge >= 0.3 is 6.01 Å². The number of anilines is 1. The van der Waals surface area contributed by atoms with E-state index in [-0.39, 0.29) is 28.5 Å². The minimum absolute atomic E-state index is 0.0694. The molecular formula is C28H26N4O4S. The lowest BCUT2D eigenvalue weighted by molar-refractivity contribution is -0.115. The highest BCUT2D eigenvalue weighted by molar-refractivity contribution is 8.18. The third-order valence-corrected chi connectivity index (χ3v) is 9.22. The predicted molar refractivity (Wildman–Crippen MR) is 141 cm³/mol. The van der Waals surface area contributed by atoms with Crippen molar-refractivity contribution in [1.82, 2.24) is 15.3 Å². The summed E-state index contributed by atoms with van der Waals surface area (Å²) in [4.78, 5) is 44.7. The summed E-state index contributed by atoms with van der Waals surface area (Å²) in [6, 6.07) is 8.23. The number of nitrogens with zero attached hydrogens (tertiary/aromatic N) is 2. The first kappa shape index (κ1) is 22.7. The number of pyridine rings is 1. The Hall–Kier alpha value is -3.46. The molecule has 5 aliphatic rings. The molecule has 4 saturated carbocycles. The van der Waals surface area contributed by atoms with E-state index in [0.29, 0.717) is 4.91 Å². The molecule has 2 N–H and O–H groups in total. The summed E-state index contributed by atoms with van der Waals surface area (Å²) in [6.45, 7) is 1.45. The molecule has 4 bridgehead atoms. The van der Waals surface area contributed by atoms with Crippen molar-refractivity contribution < 1.29 is 18.8 Å². The van der Waals surface area contributed by atoms with Crippen molar-refractivity contribution in [1.29, 1.82) is 0 Å². The van der Waals surface area contributed by atoms with E-state index >= 15 is 0 Å². The number of fused-ring (bicyclic) bond motifs is 1. The molecule has 0 unspecified atom stereocenters. The molecule has 8 nitrogen and oxygen atoms in total. The van der Waals surface area contributed by atoms with Crippen molar-refractivity contribution in [2.75, 3.05) is 5.32 Å². The zero-order valence-electron chi connectivity index (χ0n) is 20.4. The van der Waals surface area contributed by atoms with Crippen LogP contribution in [-0.4, -0.2) is 27.0 Å². The maximum atomic E-state index is 11.9. The van der Waals surface area contributed by atoms with Crippen LogP contribution in [0.5, 0.6) is 0 Å². The third-order valence-electron chi connectivity index (χ3n) is 8.40. The van der Waals surface area contributed by atoms with Gasteiger partial charge in [-0.1, -0.05) is 6.07 Å². The number of thioether (sulfide) groups is 1. The van der Waals surface area contributed by atoms with Crippen LogP contribution in [0.1, 0.15) is 56.6 Å². The van der Waals surface area contributed by atoms with E-state index in [4.69, 9.17) is 4.42 Å². The maximum Gasteiger partial charge on any atom is 0.302 e. The van der Waals surface area contributed by atoms with Crippen molar-refractivity contribution in [2.45, 2.75) is 50.9 Å². The average Bonchev–Trinajstić information content (AvgIpc) is 3.38. The Kier molecular flexibility index (Phi) is 5.08. The van der Waals surface area contributed by atoms with Crippen LogP contribution in [0.15, 0.2) is 39.8 Å². The largest absolute Gasteiger partial charge is 0.423 e. The summed E-state index contributed by atoms with van der Waals surface area (Å²) in [5.41, 5.74) is 5.23. The lowest BCUT2D eigenvalue weighted by atomic mass is 9.48. The number of aromatic nitrogens is 2. The SMILES string of the molecule is CC(=O)Nc1nc2cc(-c3ccc(/C=C4/SC(=O)NC4=O)cn3)cc(C34CC5CC(CC(C5)C3)C4)c2o1. The van der Waals surface area contributed by atoms with Gasteiger partial charge in [0, 0.05) is 24.2 Å². The Morgan fingerprint density at radius 3 is 2.46 bits per heavy atom. The Morgan fingerprint density at radius 2 is 1.86 bits per heavy atom. The van der Waals surface area contributed by atoms with Gasteiger partial charge in [-0.3, -0.25) is 30.0 Å². The molecule has 2 aromatic heterocycles. The maximum absolute atomic E-state index is 11.9. The number of hydrogen-bond donors (Lipinski definition) is 2. The van der Waals surface area contributed by atoms with Crippen LogP contribution in [-0.2, 0) is 15.0 Å². The molecule has 5 fully saturated rings. The van der Waals surface area contributed by atoms with Crippen LogP contribution >= 0.6 is 11.8 Å². The minimum atomic E-state index is -0.384. The molecular weight excluding hydrogens is 488 g/mol. The first-order valence-electron chi connectivity index (χ1n) is 12.8. The molecule has 3 aromatic rings. The van der Waals surface area contributed by atoms with Crippen molar-refractivity contribution in [3.63, 3.8) is 0 Å². The molecule has 4 aliphatic carbocycles. The lowest BCUT2D eigenvalue weighted by Gasteiger charge is -2.57. The number of hydrogen-bond acceptors (Lipinski definition) is 7. The Morgan fingerprint density at radius 1 is 1.14 bits per heavy atom. The van der Waals surface area contributed by atoms with E-state index < -0.39 is 0 Å². The second kappa shape index (κ2) is 8.28. The van der Waals surface area contributed by atoms with E-state index in [1.807, 2.05) is 18.2 Å². The van der Waals surface area contributed by atoms with Gasteiger partial charge in [0.25, 0.3) is 11.1 Å². The quantitative estimate of drug-likeness (QED) is 0.433. The Balaban J connectivity index is 1.31. The number of amides is 3. The van der Waals surface area contributed by atoms with Gasteiger partial charge in [-0.2, -0.15) is 4.98 Å². The molecule has 0 atom stereocenters. The van der Waals surface area contributed by atoms with Gasteiger partial charge in [-0.15, -0.1) is 0 Å². The zero-order valence-corrected chi connectivity index (χ0v) is 21.2. The molecule has 37 heavy (non-hydrogen) atoms. The monoisotopic (exact) mass is 514 g/mol. The van der Waals surface area contributed by atoms with Crippen LogP contribution in [0.4, 0.5) is 10.8 Å². The number of benzene rings is 1. The van der Waals surface area contributed by atoms with Crippen molar-refractivity contribution >= 4 is 52.0 Å². The standard InChI is InChI=1S/C28H26N4O4S/c1-14(33)30-26-31-22-9-19(21-3-2-15(13-29-21)7-23-25(34)32-27(35)37-23)8-20(24(22)36-26)28-10-16-4-17(11-28)6-18(5-16)12-28/h2-3,7-9,13,16-18H,4-6,10-12H2,1H3,(H,30,31,33)(H,32,34,35)/b23-7+. The van der Waals surface area contributed by atoms with Crippen molar-refractivity contribution in [2.24, 2.45) is 17.8 Å². The summed E-state index contributed by atoms with van der Waals surface area (Å²) in [5.74, 6) is 1.71. The highest BCUT2D eigenvalue weighted by Gasteiger charge is 2.52. The van der Waals surface area contributed by atoms with Gasteiger partial charge in [0.15, 0.2) is 5.58 Å². The van der Waals surface area contributed by atoms with Gasteiger partial charge in [0.1, 0.15) is 5.52 Å². The third kappa shape index (κ3) is 3.96. The Labute approximate surface area is 217 Å². The van der Waals surface area contributed by atoms with Gasteiger partial charge in [0.2, 0.25) is 5.91 Å². The first-order valence-corrected chi connectivity index (χ1v) is 13.6. The topological polar surface area (TPSA) is 114 Å². The van der Waals surface area contributed by atoms with Crippen LogP contribution in [0, 0.1) is 17.8 Å². The molecule has 3 amide bonds. The summed E-state index contributed by atoms with van der Waals surface area (Å²) in [5, 5.41) is 4.61. The van der Waals surface area contributed by atoms with Crippen molar-refractivity contribution in [3.05, 3.63) is 46.5 Å². The number of carbonyl (C=O) groups is 3. The second-order valence-electron chi connectivity index (χ2n) is 11.1. The van der Waals surface area contributed by atoms with Gasteiger partial charge in [-0.25, -0.2) is 0 Å². The summed E-state index contributed by atoms with van der Waals surface area (Å²) in [6.07, 6.45) is 10.9. The molecule has 1 aromatic carbocycles. The summed E-state index contributed by atoms with van der Waals surface area (Å²) in [7, 11) is 0. The molecule has 0 radical (unpaired) electrons. The number of imide groups is 1. The summed E-state index contributed by atoms with van der Waals surface area (Å²) >= 11 is 0.891. The van der Waals surface area contributed by atoms with E-state index in [1.165, 1.54) is 51.0 Å². The van der Waals surface area contributed by atoms with Gasteiger partial charge in [-0.05, 0) is 103 Å². The van der Waals surface area contributed by atoms with E-state index in [2.05, 4.69) is 26.7 Å². The molecule has 3 heterocycles. The van der Waals surface area contributed by atoms with Gasteiger partial charge < -0.3 is 4.42 Å². The zero-order chi connectivity index (χ0) is 25.3. The predicted octanol–water partition coefficient (Wildman–Crippen LogP) is 5.64. The van der Waals surface area contributed by atoms with Gasteiger partial charge in [0.05, 0.1) is 10.6 Å². The minimum Gasteiger partial charge on any atom is -0.423 e. The van der Waals surface area contributed by atoms with E-state index in [9.17, 15) is 14.4 Å². The fraction of sp³-hybridized carbons (Fsp3) is 0.393. The second-order valence-corrected chi connectivity index (χ2v) is 12.1. The highest BCUT2D eigenvalue weighted by Crippen LogP contribution is 2.61. The van der Waals surface area contributed by atoms with E-state index in [0.717, 1.165) is 57.4 Å². The lowest BCUT2D eigenvalue weighted by Crippen LogP contribution is -2.48. The van der Waals surface area contributed by atoms with Crippen LogP contribution in [0.25, 0.3) is 28.4 Å². The van der Waals surface area contributed by atoms with E-state index in [1.54, 1.807) is 12.3 Å². The molecule has 1 aliphatic heterocycles. The molecule has 0 spiro atoms. The van der Waals surface area contributed by atoms with Crippen LogP contribution in [0.3, 0.4) is 0 Å². The molecule has 8 rings (SSSR count). The fourth-order valence-electron chi connectivity index (χ4n) is 7.45. The average molecular weight is 515 g/mol. The fourth-order valence-corrected chi connectivity index (χ4v) is 8.14. The van der Waals surface area contributed by atoms with Crippen LogP contribution < -0.4 is 10.6 Å². The molecule has 188 valence electrons. The van der Waals surface area contributed by atoms with Crippen molar-refractivity contribution in [3.8, 4) is 11.3 Å². The number of nitrogens with one attached hydrogen (secondary N) is 2. The number of oxazole rings is 1.